The van der Waals surface area contributed by atoms with Crippen molar-refractivity contribution < 1.29 is 19.1 Å². The van der Waals surface area contributed by atoms with Gasteiger partial charge in [-0.25, -0.2) is 4.79 Å². The lowest BCUT2D eigenvalue weighted by Gasteiger charge is -2.34. The van der Waals surface area contributed by atoms with E-state index in [4.69, 9.17) is 16.3 Å². The van der Waals surface area contributed by atoms with E-state index in [9.17, 15) is 14.4 Å². The van der Waals surface area contributed by atoms with Crippen LogP contribution in [0.2, 0.25) is 5.02 Å². The quantitative estimate of drug-likeness (QED) is 0.651. The summed E-state index contributed by atoms with van der Waals surface area (Å²) in [6.07, 6.45) is 0.0419. The standard InChI is InChI=1S/C21H28ClN3O4/c1-5-29-21(28)20-14(2)25(13-18(26)23-10-11-24(3)4)19(27)12-16(20)15-8-6-7-9-17(15)22/h6-9,16H,5,10-13H2,1-4H3,(H,23,26)/t16-/m0/s1. The number of carbonyl (C=O) groups is 3. The number of hydrogen-bond acceptors (Lipinski definition) is 5. The molecule has 7 nitrogen and oxygen atoms in total. The van der Waals surface area contributed by atoms with E-state index in [-0.39, 0.29) is 31.4 Å². The monoisotopic (exact) mass is 421 g/mol. The van der Waals surface area contributed by atoms with Gasteiger partial charge in [-0.15, -0.1) is 0 Å². The minimum Gasteiger partial charge on any atom is -0.463 e. The molecule has 2 rings (SSSR count). The van der Waals surface area contributed by atoms with Gasteiger partial charge >= 0.3 is 5.97 Å². The fraction of sp³-hybridized carbons (Fsp3) is 0.476. The van der Waals surface area contributed by atoms with Gasteiger partial charge in [-0.1, -0.05) is 29.8 Å². The first-order valence-electron chi connectivity index (χ1n) is 9.60. The third-order valence-electron chi connectivity index (χ3n) is 4.78. The van der Waals surface area contributed by atoms with Crippen LogP contribution >= 0.6 is 11.6 Å². The lowest BCUT2D eigenvalue weighted by molar-refractivity contribution is -0.141. The Labute approximate surface area is 176 Å². The molecule has 8 heteroatoms. The number of hydrogen-bond donors (Lipinski definition) is 1. The van der Waals surface area contributed by atoms with Crippen LogP contribution in [0.25, 0.3) is 0 Å². The van der Waals surface area contributed by atoms with Crippen LogP contribution in [-0.2, 0) is 19.1 Å². The van der Waals surface area contributed by atoms with Gasteiger partial charge in [0.1, 0.15) is 6.54 Å². The summed E-state index contributed by atoms with van der Waals surface area (Å²) in [7, 11) is 3.82. The minimum absolute atomic E-state index is 0.0419. The van der Waals surface area contributed by atoms with E-state index in [1.165, 1.54) is 4.90 Å². The van der Waals surface area contributed by atoms with Crippen LogP contribution in [-0.4, -0.2) is 67.9 Å². The molecule has 158 valence electrons. The summed E-state index contributed by atoms with van der Waals surface area (Å²) < 4.78 is 5.24. The molecule has 1 atom stereocenters. The normalized spacial score (nSPS) is 17.0. The van der Waals surface area contributed by atoms with Crippen LogP contribution in [0.1, 0.15) is 31.7 Å². The van der Waals surface area contributed by atoms with Crippen molar-refractivity contribution in [2.45, 2.75) is 26.2 Å². The van der Waals surface area contributed by atoms with E-state index in [2.05, 4.69) is 5.32 Å². The first kappa shape index (κ1) is 22.9. The molecule has 1 N–H and O–H groups in total. The zero-order chi connectivity index (χ0) is 21.6. The molecule has 0 saturated heterocycles. The van der Waals surface area contributed by atoms with Gasteiger partial charge in [0.15, 0.2) is 0 Å². The Balaban J connectivity index is 2.33. The van der Waals surface area contributed by atoms with Crippen molar-refractivity contribution >= 4 is 29.4 Å². The summed E-state index contributed by atoms with van der Waals surface area (Å²) in [4.78, 5) is 41.2. The summed E-state index contributed by atoms with van der Waals surface area (Å²) in [5.74, 6) is -1.52. The molecule has 0 spiro atoms. The summed E-state index contributed by atoms with van der Waals surface area (Å²) >= 11 is 6.34. The first-order chi connectivity index (χ1) is 13.8. The molecule has 1 aliphatic rings. The molecule has 1 aromatic carbocycles. The third kappa shape index (κ3) is 5.81. The van der Waals surface area contributed by atoms with Crippen molar-refractivity contribution in [3.05, 3.63) is 46.1 Å². The van der Waals surface area contributed by atoms with Gasteiger partial charge in [-0.05, 0) is 39.6 Å². The SMILES string of the molecule is CCOC(=O)C1=C(C)N(CC(=O)NCCN(C)C)C(=O)C[C@H]1c1ccccc1Cl. The summed E-state index contributed by atoms with van der Waals surface area (Å²) in [6.45, 7) is 4.63. The van der Waals surface area contributed by atoms with Crippen LogP contribution in [0, 0.1) is 0 Å². The molecule has 0 unspecified atom stereocenters. The van der Waals surface area contributed by atoms with Gasteiger partial charge in [0.2, 0.25) is 11.8 Å². The van der Waals surface area contributed by atoms with E-state index < -0.39 is 11.9 Å². The fourth-order valence-corrected chi connectivity index (χ4v) is 3.59. The maximum atomic E-state index is 12.9. The third-order valence-corrected chi connectivity index (χ3v) is 5.13. The number of nitrogens with zero attached hydrogens (tertiary/aromatic N) is 2. The molecule has 0 radical (unpaired) electrons. The van der Waals surface area contributed by atoms with E-state index in [0.29, 0.717) is 34.9 Å². The predicted molar refractivity (Wildman–Crippen MR) is 111 cm³/mol. The van der Waals surface area contributed by atoms with Gasteiger partial charge in [0, 0.05) is 36.1 Å². The molecule has 0 fully saturated rings. The number of rotatable bonds is 8. The number of nitrogens with one attached hydrogen (secondary N) is 1. The maximum Gasteiger partial charge on any atom is 0.336 e. The molecule has 29 heavy (non-hydrogen) atoms. The van der Waals surface area contributed by atoms with E-state index in [1.54, 1.807) is 32.0 Å². The average Bonchev–Trinajstić information content (AvgIpc) is 2.65. The Bertz CT molecular complexity index is 807. The van der Waals surface area contributed by atoms with Crippen molar-refractivity contribution in [3.63, 3.8) is 0 Å². The molecule has 0 aliphatic carbocycles. The Morgan fingerprint density at radius 2 is 2.00 bits per heavy atom. The second-order valence-electron chi connectivity index (χ2n) is 7.13. The predicted octanol–water partition coefficient (Wildman–Crippen LogP) is 2.17. The lowest BCUT2D eigenvalue weighted by atomic mass is 9.83. The van der Waals surface area contributed by atoms with Crippen molar-refractivity contribution in [1.29, 1.82) is 0 Å². The summed E-state index contributed by atoms with van der Waals surface area (Å²) in [5.41, 5.74) is 1.48. The highest BCUT2D eigenvalue weighted by molar-refractivity contribution is 6.31. The summed E-state index contributed by atoms with van der Waals surface area (Å²) in [5, 5.41) is 3.27. The highest BCUT2D eigenvalue weighted by Crippen LogP contribution is 2.39. The second kappa shape index (κ2) is 10.4. The number of benzene rings is 1. The van der Waals surface area contributed by atoms with Crippen LogP contribution < -0.4 is 5.32 Å². The Morgan fingerprint density at radius 1 is 1.31 bits per heavy atom. The van der Waals surface area contributed by atoms with Gasteiger partial charge in [0.25, 0.3) is 0 Å². The average molecular weight is 422 g/mol. The van der Waals surface area contributed by atoms with Crippen LogP contribution in [0.4, 0.5) is 0 Å². The largest absolute Gasteiger partial charge is 0.463 e. The number of carbonyl (C=O) groups excluding carboxylic acids is 3. The van der Waals surface area contributed by atoms with Gasteiger partial charge in [0.05, 0.1) is 12.2 Å². The van der Waals surface area contributed by atoms with Crippen molar-refractivity contribution in [2.24, 2.45) is 0 Å². The van der Waals surface area contributed by atoms with E-state index in [1.807, 2.05) is 25.1 Å². The molecule has 0 aromatic heterocycles. The van der Waals surface area contributed by atoms with E-state index >= 15 is 0 Å². The molecule has 1 aliphatic heterocycles. The van der Waals surface area contributed by atoms with Gasteiger partial charge in [-0.2, -0.15) is 0 Å². The van der Waals surface area contributed by atoms with Crippen LogP contribution in [0.5, 0.6) is 0 Å². The minimum atomic E-state index is -0.511. The zero-order valence-electron chi connectivity index (χ0n) is 17.3. The topological polar surface area (TPSA) is 79.0 Å². The summed E-state index contributed by atoms with van der Waals surface area (Å²) in [6, 6.07) is 7.14. The second-order valence-corrected chi connectivity index (χ2v) is 7.54. The number of likely N-dealkylation sites (N-methyl/N-ethyl adjacent to an activating group) is 1. The molecule has 0 saturated carbocycles. The van der Waals surface area contributed by atoms with E-state index in [0.717, 1.165) is 0 Å². The first-order valence-corrected chi connectivity index (χ1v) is 9.98. The number of esters is 1. The lowest BCUT2D eigenvalue weighted by Crippen LogP contribution is -2.45. The number of allylic oxidation sites excluding steroid dienone is 1. The Kier molecular flexibility index (Phi) is 8.22. The Hall–Kier alpha value is -2.38. The molecule has 1 aromatic rings. The van der Waals surface area contributed by atoms with Crippen molar-refractivity contribution in [1.82, 2.24) is 15.1 Å². The van der Waals surface area contributed by atoms with Crippen LogP contribution in [0.3, 0.4) is 0 Å². The zero-order valence-corrected chi connectivity index (χ0v) is 18.1. The highest BCUT2D eigenvalue weighted by atomic mass is 35.5. The Morgan fingerprint density at radius 3 is 2.62 bits per heavy atom. The van der Waals surface area contributed by atoms with Gasteiger partial charge in [-0.3, -0.25) is 9.59 Å². The smallest absolute Gasteiger partial charge is 0.336 e. The number of halogens is 1. The van der Waals surface area contributed by atoms with Crippen LogP contribution in [0.15, 0.2) is 35.5 Å². The highest BCUT2D eigenvalue weighted by Gasteiger charge is 2.38. The van der Waals surface area contributed by atoms with Crippen molar-refractivity contribution in [3.8, 4) is 0 Å². The fourth-order valence-electron chi connectivity index (χ4n) is 3.32. The maximum absolute atomic E-state index is 12.9. The van der Waals surface area contributed by atoms with Crippen molar-refractivity contribution in [2.75, 3.05) is 40.3 Å². The number of amides is 2. The van der Waals surface area contributed by atoms with Gasteiger partial charge < -0.3 is 19.9 Å². The molecular formula is C21H28ClN3O4. The molecule has 2 amide bonds. The number of ether oxygens (including phenoxy) is 1. The molecular weight excluding hydrogens is 394 g/mol. The molecule has 1 heterocycles. The molecule has 0 bridgehead atoms.